The van der Waals surface area contributed by atoms with E-state index in [-0.39, 0.29) is 11.6 Å². The first-order chi connectivity index (χ1) is 12.7. The van der Waals surface area contributed by atoms with E-state index in [1.165, 1.54) is 11.8 Å². The molecule has 0 aliphatic heterocycles. The van der Waals surface area contributed by atoms with Crippen LogP contribution in [0.1, 0.15) is 33.1 Å². The maximum Gasteiger partial charge on any atom is 0.246 e. The van der Waals surface area contributed by atoms with Gasteiger partial charge in [-0.3, -0.25) is 10.4 Å². The number of thioether (sulfide) groups is 1. The van der Waals surface area contributed by atoms with Crippen LogP contribution in [-0.4, -0.2) is 39.0 Å². The number of pyridine rings is 1. The van der Waals surface area contributed by atoms with Gasteiger partial charge in [0.1, 0.15) is 5.17 Å². The lowest BCUT2D eigenvalue weighted by Gasteiger charge is -2.28. The third-order valence-corrected chi connectivity index (χ3v) is 4.78. The number of alkyl halides is 2. The monoisotopic (exact) mass is 416 g/mol. The highest BCUT2D eigenvalue weighted by molar-refractivity contribution is 7.99. The summed E-state index contributed by atoms with van der Waals surface area (Å²) in [5, 5.41) is 10.9. The number of anilines is 1. The fraction of sp³-hybridized carbons (Fsp3) is 0.474. The predicted molar refractivity (Wildman–Crippen MR) is 113 cm³/mol. The number of nitrogens with zero attached hydrogens (tertiary/aromatic N) is 2. The number of nitrogens with one attached hydrogen (secondary N) is 2. The van der Waals surface area contributed by atoms with E-state index < -0.39 is 5.92 Å². The zero-order chi connectivity index (χ0) is 20.3. The molecule has 4 nitrogen and oxygen atoms in total. The van der Waals surface area contributed by atoms with Gasteiger partial charge in [-0.1, -0.05) is 25.1 Å². The van der Waals surface area contributed by atoms with E-state index in [0.29, 0.717) is 30.2 Å². The Bertz CT molecular complexity index is 632. The Morgan fingerprint density at radius 3 is 2.78 bits per heavy atom. The molecular weight excluding hydrogens is 390 g/mol. The van der Waals surface area contributed by atoms with Crippen LogP contribution in [0.2, 0.25) is 0 Å². The molecule has 0 aliphatic rings. The average Bonchev–Trinajstić information content (AvgIpc) is 2.60. The summed E-state index contributed by atoms with van der Waals surface area (Å²) >= 11 is 7.48. The second kappa shape index (κ2) is 12.0. The molecule has 8 heteroatoms. The molecule has 2 N–H and O–H groups in total. The first-order valence-corrected chi connectivity index (χ1v) is 10.3. The standard InChI is InChI=1S/C19H27ClF2N4S/c1-4-10-26(15(2)7-11-27-12-8-19(3,21)22)17(18(20)23)14-25-16-6-5-9-24-13-16/h5-6,9,13-14,23,25H,2,4,7-8,10-12H2,1,3H3/b17-14+,23-18?. The Morgan fingerprint density at radius 1 is 1.48 bits per heavy atom. The fourth-order valence-corrected chi connectivity index (χ4v) is 3.45. The molecule has 150 valence electrons. The second-order valence-corrected chi connectivity index (χ2v) is 7.73. The number of allylic oxidation sites excluding steroid dienone is 2. The molecule has 0 bridgehead atoms. The van der Waals surface area contributed by atoms with Crippen LogP contribution in [0.15, 0.2) is 48.7 Å². The van der Waals surface area contributed by atoms with Crippen molar-refractivity contribution in [1.29, 1.82) is 5.41 Å². The molecule has 0 aromatic carbocycles. The van der Waals surface area contributed by atoms with Crippen LogP contribution in [0, 0.1) is 5.41 Å². The highest BCUT2D eigenvalue weighted by Crippen LogP contribution is 2.23. The molecule has 0 aliphatic carbocycles. The van der Waals surface area contributed by atoms with Crippen LogP contribution >= 0.6 is 23.4 Å². The Morgan fingerprint density at radius 2 is 2.22 bits per heavy atom. The number of hydrogen-bond acceptors (Lipinski definition) is 5. The van der Waals surface area contributed by atoms with E-state index >= 15 is 0 Å². The van der Waals surface area contributed by atoms with Gasteiger partial charge in [-0.25, -0.2) is 8.78 Å². The summed E-state index contributed by atoms with van der Waals surface area (Å²) in [6, 6.07) is 3.67. The van der Waals surface area contributed by atoms with Crippen molar-refractivity contribution in [3.05, 3.63) is 48.7 Å². The van der Waals surface area contributed by atoms with Gasteiger partial charge in [0.2, 0.25) is 5.92 Å². The zero-order valence-electron chi connectivity index (χ0n) is 15.8. The van der Waals surface area contributed by atoms with Gasteiger partial charge in [0.25, 0.3) is 0 Å². The topological polar surface area (TPSA) is 52.0 Å². The van der Waals surface area contributed by atoms with Gasteiger partial charge in [-0.15, -0.1) is 0 Å². The molecule has 27 heavy (non-hydrogen) atoms. The first kappa shape index (κ1) is 23.4. The van der Waals surface area contributed by atoms with E-state index in [9.17, 15) is 8.78 Å². The van der Waals surface area contributed by atoms with Crippen LogP contribution in [0.5, 0.6) is 0 Å². The molecule has 0 atom stereocenters. The summed E-state index contributed by atoms with van der Waals surface area (Å²) in [6.07, 6.45) is 6.37. The van der Waals surface area contributed by atoms with E-state index in [4.69, 9.17) is 17.0 Å². The summed E-state index contributed by atoms with van der Waals surface area (Å²) in [5.74, 6) is -1.53. The molecule has 1 aromatic heterocycles. The van der Waals surface area contributed by atoms with Gasteiger partial charge in [0, 0.05) is 31.1 Å². The van der Waals surface area contributed by atoms with E-state index in [0.717, 1.165) is 24.7 Å². The van der Waals surface area contributed by atoms with Crippen molar-refractivity contribution in [2.24, 2.45) is 0 Å². The van der Waals surface area contributed by atoms with Crippen molar-refractivity contribution >= 4 is 34.2 Å². The van der Waals surface area contributed by atoms with E-state index in [1.807, 2.05) is 24.0 Å². The summed E-state index contributed by atoms with van der Waals surface area (Å²) in [7, 11) is 0. The fourth-order valence-electron chi connectivity index (χ4n) is 2.21. The van der Waals surface area contributed by atoms with Gasteiger partial charge in [0.15, 0.2) is 0 Å². The lowest BCUT2D eigenvalue weighted by molar-refractivity contribution is 0.0194. The molecular formula is C19H27ClF2N4S. The SMILES string of the molecule is C=C(CCSCCC(C)(F)F)N(CCC)/C(=C/Nc1cccnc1)C(=N)Cl. The maximum absolute atomic E-state index is 12.9. The Kier molecular flexibility index (Phi) is 10.4. The molecule has 1 rings (SSSR count). The number of rotatable bonds is 13. The summed E-state index contributed by atoms with van der Waals surface area (Å²) < 4.78 is 25.7. The minimum Gasteiger partial charge on any atom is -0.358 e. The van der Waals surface area contributed by atoms with Gasteiger partial charge < -0.3 is 10.2 Å². The average molecular weight is 417 g/mol. The molecule has 0 saturated heterocycles. The van der Waals surface area contributed by atoms with Crippen LogP contribution in [0.3, 0.4) is 0 Å². The predicted octanol–water partition coefficient (Wildman–Crippen LogP) is 5.95. The second-order valence-electron chi connectivity index (χ2n) is 6.13. The molecule has 0 fully saturated rings. The Balaban J connectivity index is 2.70. The van der Waals surface area contributed by atoms with Crippen LogP contribution in [-0.2, 0) is 0 Å². The smallest absolute Gasteiger partial charge is 0.246 e. The minimum atomic E-state index is -2.63. The summed E-state index contributed by atoms with van der Waals surface area (Å²) in [6.45, 7) is 7.73. The van der Waals surface area contributed by atoms with Crippen LogP contribution in [0.25, 0.3) is 0 Å². The highest BCUT2D eigenvalue weighted by atomic mass is 35.5. The first-order valence-electron chi connectivity index (χ1n) is 8.76. The van der Waals surface area contributed by atoms with Crippen molar-refractivity contribution in [1.82, 2.24) is 9.88 Å². The van der Waals surface area contributed by atoms with Crippen molar-refractivity contribution in [2.45, 2.75) is 39.0 Å². The van der Waals surface area contributed by atoms with Crippen molar-refractivity contribution in [2.75, 3.05) is 23.4 Å². The van der Waals surface area contributed by atoms with Gasteiger partial charge in [-0.2, -0.15) is 11.8 Å². The van der Waals surface area contributed by atoms with Crippen LogP contribution in [0.4, 0.5) is 14.5 Å². The molecule has 1 heterocycles. The maximum atomic E-state index is 12.9. The van der Waals surface area contributed by atoms with Crippen molar-refractivity contribution in [3.63, 3.8) is 0 Å². The molecule has 0 amide bonds. The Hall–Kier alpha value is -1.60. The Labute approximate surface area is 169 Å². The van der Waals surface area contributed by atoms with Gasteiger partial charge in [-0.05, 0) is 43.4 Å². The normalized spacial score (nSPS) is 12.0. The third-order valence-electron chi connectivity index (χ3n) is 3.60. The van der Waals surface area contributed by atoms with E-state index in [2.05, 4.69) is 16.9 Å². The van der Waals surface area contributed by atoms with Gasteiger partial charge >= 0.3 is 0 Å². The quantitative estimate of drug-likeness (QED) is 0.308. The van der Waals surface area contributed by atoms with Gasteiger partial charge in [0.05, 0.1) is 17.6 Å². The number of hydrogen-bond donors (Lipinski definition) is 2. The highest BCUT2D eigenvalue weighted by Gasteiger charge is 2.20. The number of halogens is 3. The zero-order valence-corrected chi connectivity index (χ0v) is 17.3. The molecule has 1 aromatic rings. The van der Waals surface area contributed by atoms with Crippen molar-refractivity contribution in [3.8, 4) is 0 Å². The van der Waals surface area contributed by atoms with Crippen LogP contribution < -0.4 is 5.32 Å². The third kappa shape index (κ3) is 9.77. The van der Waals surface area contributed by atoms with Crippen molar-refractivity contribution < 1.29 is 8.78 Å². The minimum absolute atomic E-state index is 0.0979. The summed E-state index contributed by atoms with van der Waals surface area (Å²) in [5.41, 5.74) is 2.10. The largest absolute Gasteiger partial charge is 0.358 e. The lowest BCUT2D eigenvalue weighted by Crippen LogP contribution is -2.27. The van der Waals surface area contributed by atoms with E-state index in [1.54, 1.807) is 18.6 Å². The lowest BCUT2D eigenvalue weighted by atomic mass is 10.2. The molecule has 0 unspecified atom stereocenters. The molecule has 0 saturated carbocycles. The summed E-state index contributed by atoms with van der Waals surface area (Å²) in [4.78, 5) is 5.93. The number of aromatic nitrogens is 1. The molecule has 0 spiro atoms. The molecule has 0 radical (unpaired) electrons.